The smallest absolute Gasteiger partial charge is 0.132 e. The zero-order chi connectivity index (χ0) is 40.2. The second kappa shape index (κ2) is 12.6. The lowest BCUT2D eigenvalue weighted by molar-refractivity contribution is 0.437. The fraction of sp³-hybridized carbons (Fsp3) is 0.0175. The molecule has 11 aromatic rings. The van der Waals surface area contributed by atoms with Crippen molar-refractivity contribution in [2.45, 2.75) is 5.41 Å². The summed E-state index contributed by atoms with van der Waals surface area (Å²) >= 11 is 0. The van der Waals surface area contributed by atoms with E-state index in [4.69, 9.17) is 9.72 Å². The highest BCUT2D eigenvalue weighted by molar-refractivity contribution is 6.13. The molecule has 2 aliphatic rings. The number of benzene rings is 9. The number of fused-ring (bicyclic) bond motifs is 15. The van der Waals surface area contributed by atoms with Crippen LogP contribution in [0.5, 0.6) is 11.5 Å². The van der Waals surface area contributed by atoms with Gasteiger partial charge in [0, 0.05) is 43.9 Å². The van der Waals surface area contributed by atoms with Crippen LogP contribution >= 0.6 is 0 Å². The lowest BCUT2D eigenvalue weighted by Crippen LogP contribution is -2.32. The third kappa shape index (κ3) is 4.66. The van der Waals surface area contributed by atoms with Crippen molar-refractivity contribution in [2.75, 3.05) is 0 Å². The van der Waals surface area contributed by atoms with Crippen molar-refractivity contribution in [3.63, 3.8) is 0 Å². The second-order valence-electron chi connectivity index (χ2n) is 16.1. The van der Waals surface area contributed by atoms with E-state index in [0.29, 0.717) is 5.56 Å². The van der Waals surface area contributed by atoms with Crippen LogP contribution in [0.4, 0.5) is 0 Å². The minimum Gasteiger partial charge on any atom is -0.457 e. The van der Waals surface area contributed by atoms with Crippen LogP contribution in [0, 0.1) is 11.3 Å². The quantitative estimate of drug-likeness (QED) is 0.168. The van der Waals surface area contributed by atoms with Gasteiger partial charge in [-0.05, 0) is 99.4 Å². The monoisotopic (exact) mass is 775 g/mol. The summed E-state index contributed by atoms with van der Waals surface area (Å²) in [4.78, 5) is 5.47. The normalized spacial score (nSPS) is 13.2. The van der Waals surface area contributed by atoms with E-state index in [-0.39, 0.29) is 0 Å². The van der Waals surface area contributed by atoms with Gasteiger partial charge in [-0.25, -0.2) is 4.98 Å². The molecule has 0 atom stereocenters. The molecule has 282 valence electrons. The topological polar surface area (TPSA) is 50.8 Å². The van der Waals surface area contributed by atoms with Crippen LogP contribution in [0.2, 0.25) is 0 Å². The van der Waals surface area contributed by atoms with Gasteiger partial charge in [-0.2, -0.15) is 5.26 Å². The van der Waals surface area contributed by atoms with Crippen LogP contribution in [-0.2, 0) is 5.41 Å². The van der Waals surface area contributed by atoms with E-state index in [1.54, 1.807) is 0 Å². The lowest BCUT2D eigenvalue weighted by atomic mass is 9.65. The number of ether oxygens (including phenoxy) is 1. The molecule has 0 fully saturated rings. The summed E-state index contributed by atoms with van der Waals surface area (Å²) in [5.74, 6) is 1.72. The highest BCUT2D eigenvalue weighted by Crippen LogP contribution is 2.62. The molecule has 0 unspecified atom stereocenters. The lowest BCUT2D eigenvalue weighted by Gasteiger charge is -2.39. The van der Waals surface area contributed by atoms with Crippen LogP contribution in [-0.4, -0.2) is 9.55 Å². The summed E-state index contributed by atoms with van der Waals surface area (Å²) in [6, 6.07) is 73.6. The molecule has 61 heavy (non-hydrogen) atoms. The first-order valence-electron chi connectivity index (χ1n) is 20.7. The molecule has 0 radical (unpaired) electrons. The first kappa shape index (κ1) is 33.7. The molecule has 0 saturated heterocycles. The molecular weight excluding hydrogens is 743 g/mol. The van der Waals surface area contributed by atoms with Crippen molar-refractivity contribution >= 4 is 43.5 Å². The maximum Gasteiger partial charge on any atom is 0.132 e. The zero-order valence-electron chi connectivity index (χ0n) is 32.8. The van der Waals surface area contributed by atoms with Crippen LogP contribution in [0.25, 0.3) is 82.7 Å². The average molecular weight is 776 g/mol. The average Bonchev–Trinajstić information content (AvgIpc) is 3.81. The Morgan fingerprint density at radius 1 is 0.443 bits per heavy atom. The molecule has 2 aromatic heterocycles. The largest absolute Gasteiger partial charge is 0.457 e. The zero-order valence-corrected chi connectivity index (χ0v) is 32.8. The van der Waals surface area contributed by atoms with E-state index in [9.17, 15) is 5.26 Å². The highest BCUT2D eigenvalue weighted by atomic mass is 16.5. The van der Waals surface area contributed by atoms with Gasteiger partial charge in [-0.15, -0.1) is 0 Å². The second-order valence-corrected chi connectivity index (χ2v) is 16.1. The van der Waals surface area contributed by atoms with Gasteiger partial charge in [0.05, 0.1) is 39.3 Å². The van der Waals surface area contributed by atoms with E-state index in [1.807, 2.05) is 12.1 Å². The van der Waals surface area contributed by atoms with E-state index < -0.39 is 5.41 Å². The third-order valence-corrected chi connectivity index (χ3v) is 13.1. The molecule has 0 N–H and O–H groups in total. The first-order valence-corrected chi connectivity index (χ1v) is 20.7. The molecule has 1 spiro atoms. The minimum atomic E-state index is -0.565. The Hall–Kier alpha value is -8.26. The van der Waals surface area contributed by atoms with Crippen molar-refractivity contribution in [3.8, 4) is 56.8 Å². The van der Waals surface area contributed by atoms with Gasteiger partial charge in [0.25, 0.3) is 0 Å². The maximum absolute atomic E-state index is 9.64. The van der Waals surface area contributed by atoms with E-state index in [2.05, 4.69) is 199 Å². The summed E-state index contributed by atoms with van der Waals surface area (Å²) in [6.45, 7) is 0. The first-order chi connectivity index (χ1) is 30.2. The number of nitrogens with zero attached hydrogens (tertiary/aromatic N) is 3. The molecule has 0 saturated carbocycles. The van der Waals surface area contributed by atoms with E-state index in [0.717, 1.165) is 94.2 Å². The summed E-state index contributed by atoms with van der Waals surface area (Å²) in [5, 5.41) is 15.1. The Kier molecular flexibility index (Phi) is 6.97. The fourth-order valence-corrected chi connectivity index (χ4v) is 10.5. The molecule has 9 aromatic carbocycles. The maximum atomic E-state index is 9.64. The minimum absolute atomic E-state index is 0.565. The Morgan fingerprint density at radius 2 is 1.11 bits per heavy atom. The standard InChI is InChI=1S/C57H33N3O/c58-34-35-22-29-53-45(30-35)43-16-6-10-20-52(43)60(53)39-26-23-36(24-27-39)38-25-28-42-44-32-50-55(33-46(44)56(59-51(42)31-38)37-12-2-1-3-13-37)61-54-21-11-9-19-49(54)57(50)47-17-7-4-14-40(47)41-15-5-8-18-48(41)57/h1-33H. The Labute approximate surface area is 351 Å². The van der Waals surface area contributed by atoms with Crippen LogP contribution in [0.15, 0.2) is 200 Å². The molecule has 3 heterocycles. The summed E-state index contributed by atoms with van der Waals surface area (Å²) in [6.07, 6.45) is 0. The Morgan fingerprint density at radius 3 is 1.90 bits per heavy atom. The molecular formula is C57H33N3O. The van der Waals surface area contributed by atoms with Gasteiger partial charge in [0.1, 0.15) is 11.5 Å². The Bertz CT molecular complexity index is 3640. The number of hydrogen-bond donors (Lipinski definition) is 0. The van der Waals surface area contributed by atoms with Gasteiger partial charge in [0.2, 0.25) is 0 Å². The van der Waals surface area contributed by atoms with E-state index >= 15 is 0 Å². The van der Waals surface area contributed by atoms with Gasteiger partial charge >= 0.3 is 0 Å². The van der Waals surface area contributed by atoms with Gasteiger partial charge in [0.15, 0.2) is 0 Å². The van der Waals surface area contributed by atoms with Crippen molar-refractivity contribution in [1.82, 2.24) is 9.55 Å². The third-order valence-electron chi connectivity index (χ3n) is 13.1. The number of para-hydroxylation sites is 2. The van der Waals surface area contributed by atoms with Gasteiger partial charge in [-0.3, -0.25) is 0 Å². The van der Waals surface area contributed by atoms with Crippen LogP contribution in [0.3, 0.4) is 0 Å². The number of nitriles is 1. The molecule has 1 aliphatic carbocycles. The van der Waals surface area contributed by atoms with Gasteiger partial charge in [-0.1, -0.05) is 140 Å². The van der Waals surface area contributed by atoms with Crippen molar-refractivity contribution in [2.24, 2.45) is 0 Å². The Balaban J connectivity index is 1.02. The van der Waals surface area contributed by atoms with Crippen LogP contribution in [0.1, 0.15) is 27.8 Å². The number of pyridine rings is 1. The number of hydrogen-bond acceptors (Lipinski definition) is 3. The van der Waals surface area contributed by atoms with E-state index in [1.165, 1.54) is 22.3 Å². The summed E-state index contributed by atoms with van der Waals surface area (Å²) < 4.78 is 9.22. The van der Waals surface area contributed by atoms with Crippen molar-refractivity contribution < 1.29 is 4.74 Å². The fourth-order valence-electron chi connectivity index (χ4n) is 10.5. The van der Waals surface area contributed by atoms with Crippen molar-refractivity contribution in [3.05, 3.63) is 228 Å². The SMILES string of the molecule is N#Cc1ccc2c(c1)c1ccccc1n2-c1ccc(-c2ccc3c(c2)nc(-c2ccccc2)c2cc4c(cc23)C2(c3ccccc3O4)c3ccccc3-c3ccccc32)cc1. The summed E-state index contributed by atoms with van der Waals surface area (Å²) in [5.41, 5.74) is 15.8. The molecule has 13 rings (SSSR count). The highest BCUT2D eigenvalue weighted by Gasteiger charge is 2.51. The van der Waals surface area contributed by atoms with Gasteiger partial charge < -0.3 is 9.30 Å². The number of aromatic nitrogens is 2. The molecule has 1 aliphatic heterocycles. The molecule has 4 nitrogen and oxygen atoms in total. The van der Waals surface area contributed by atoms with Crippen LogP contribution < -0.4 is 4.74 Å². The van der Waals surface area contributed by atoms with Crippen molar-refractivity contribution in [1.29, 1.82) is 5.26 Å². The predicted octanol–water partition coefficient (Wildman–Crippen LogP) is 14.2. The number of rotatable bonds is 3. The molecule has 4 heteroatoms. The molecule has 0 bridgehead atoms. The summed E-state index contributed by atoms with van der Waals surface area (Å²) in [7, 11) is 0. The predicted molar refractivity (Wildman–Crippen MR) is 247 cm³/mol. The molecule has 0 amide bonds.